The van der Waals surface area contributed by atoms with Crippen molar-refractivity contribution in [3.8, 4) is 5.75 Å². The van der Waals surface area contributed by atoms with Crippen LogP contribution in [0, 0.1) is 5.82 Å². The van der Waals surface area contributed by atoms with E-state index in [-0.39, 0.29) is 11.6 Å². The van der Waals surface area contributed by atoms with Crippen molar-refractivity contribution in [2.45, 2.75) is 19.6 Å². The fourth-order valence-corrected chi connectivity index (χ4v) is 2.46. The van der Waals surface area contributed by atoms with Crippen LogP contribution in [-0.4, -0.2) is 21.3 Å². The van der Waals surface area contributed by atoms with Crippen LogP contribution < -0.4 is 4.74 Å². The van der Waals surface area contributed by atoms with Gasteiger partial charge in [-0.1, -0.05) is 24.3 Å². The van der Waals surface area contributed by atoms with Crippen molar-refractivity contribution in [2.75, 3.05) is 6.61 Å². The highest BCUT2D eigenvalue weighted by molar-refractivity contribution is 5.76. The fourth-order valence-electron chi connectivity index (χ4n) is 2.46. The molecule has 0 bridgehead atoms. The molecule has 0 saturated carbocycles. The number of fused-ring (bicyclic) bond motifs is 1. The molecule has 3 rings (SSSR count). The molecule has 0 radical (unpaired) electrons. The van der Waals surface area contributed by atoms with E-state index in [1.165, 1.54) is 6.07 Å². The quantitative estimate of drug-likeness (QED) is 0.786. The highest BCUT2D eigenvalue weighted by Crippen LogP contribution is 2.21. The van der Waals surface area contributed by atoms with Gasteiger partial charge in [0.15, 0.2) is 11.6 Å². The van der Waals surface area contributed by atoms with Crippen LogP contribution in [0.2, 0.25) is 0 Å². The first-order chi connectivity index (χ1) is 10.7. The molecule has 114 valence electrons. The topological polar surface area (TPSA) is 47.3 Å². The van der Waals surface area contributed by atoms with E-state index in [0.717, 1.165) is 11.0 Å². The van der Waals surface area contributed by atoms with Crippen molar-refractivity contribution in [1.82, 2.24) is 9.55 Å². The monoisotopic (exact) mass is 300 g/mol. The van der Waals surface area contributed by atoms with Gasteiger partial charge in [0.2, 0.25) is 0 Å². The fraction of sp³-hybridized carbons (Fsp3) is 0.235. The van der Waals surface area contributed by atoms with Crippen LogP contribution in [-0.2, 0) is 6.54 Å². The largest absolute Gasteiger partial charge is 0.489 e. The average molecular weight is 300 g/mol. The number of aliphatic hydroxyl groups excluding tert-OH is 1. The van der Waals surface area contributed by atoms with Crippen molar-refractivity contribution < 1.29 is 14.2 Å². The molecular weight excluding hydrogens is 283 g/mol. The minimum Gasteiger partial charge on any atom is -0.489 e. The summed E-state index contributed by atoms with van der Waals surface area (Å²) in [7, 11) is 0. The van der Waals surface area contributed by atoms with Gasteiger partial charge in [-0.05, 0) is 31.2 Å². The number of hydrogen-bond donors (Lipinski definition) is 1. The summed E-state index contributed by atoms with van der Waals surface area (Å²) in [5, 5.41) is 9.88. The minimum atomic E-state index is -0.680. The van der Waals surface area contributed by atoms with Gasteiger partial charge < -0.3 is 14.4 Å². The Morgan fingerprint density at radius 2 is 1.91 bits per heavy atom. The summed E-state index contributed by atoms with van der Waals surface area (Å²) in [6.07, 6.45) is -0.680. The molecule has 1 atom stereocenters. The van der Waals surface area contributed by atoms with Crippen molar-refractivity contribution in [3.05, 3.63) is 60.2 Å². The van der Waals surface area contributed by atoms with Gasteiger partial charge in [-0.25, -0.2) is 9.37 Å². The second-order valence-corrected chi connectivity index (χ2v) is 5.07. The summed E-state index contributed by atoms with van der Waals surface area (Å²) in [6, 6.07) is 14.0. The van der Waals surface area contributed by atoms with Gasteiger partial charge in [-0.2, -0.15) is 0 Å². The average Bonchev–Trinajstić information content (AvgIpc) is 2.88. The van der Waals surface area contributed by atoms with E-state index >= 15 is 0 Å². The molecule has 0 saturated heterocycles. The molecule has 4 nitrogen and oxygen atoms in total. The van der Waals surface area contributed by atoms with Gasteiger partial charge in [0, 0.05) is 0 Å². The van der Waals surface area contributed by atoms with E-state index < -0.39 is 6.10 Å². The first-order valence-electron chi connectivity index (χ1n) is 7.17. The van der Waals surface area contributed by atoms with E-state index in [0.29, 0.717) is 19.0 Å². The number of rotatable bonds is 5. The highest BCUT2D eigenvalue weighted by Gasteiger charge is 2.14. The maximum Gasteiger partial charge on any atom is 0.165 e. The standard InChI is InChI=1S/C17H17FN2O2/c1-12(21)17-19-14-7-3-4-8-15(14)20(17)10-11-22-16-9-5-2-6-13(16)18/h2-9,12,21H,10-11H2,1H3/t12-/m1/s1. The number of nitrogens with zero attached hydrogens (tertiary/aromatic N) is 2. The zero-order valence-electron chi connectivity index (χ0n) is 12.2. The molecule has 2 aromatic carbocycles. The highest BCUT2D eigenvalue weighted by atomic mass is 19.1. The van der Waals surface area contributed by atoms with Crippen molar-refractivity contribution in [3.63, 3.8) is 0 Å². The van der Waals surface area contributed by atoms with Crippen LogP contribution in [0.15, 0.2) is 48.5 Å². The molecule has 0 unspecified atom stereocenters. The number of ether oxygens (including phenoxy) is 1. The van der Waals surface area contributed by atoms with E-state index in [1.807, 2.05) is 28.8 Å². The van der Waals surface area contributed by atoms with Gasteiger partial charge in [-0.15, -0.1) is 0 Å². The molecular formula is C17H17FN2O2. The van der Waals surface area contributed by atoms with E-state index in [4.69, 9.17) is 4.74 Å². The lowest BCUT2D eigenvalue weighted by Gasteiger charge is -2.12. The van der Waals surface area contributed by atoms with Crippen molar-refractivity contribution >= 4 is 11.0 Å². The lowest BCUT2D eigenvalue weighted by atomic mass is 10.3. The Kier molecular flexibility index (Phi) is 4.06. The van der Waals surface area contributed by atoms with Crippen LogP contribution in [0.4, 0.5) is 4.39 Å². The molecule has 0 spiro atoms. The predicted octanol–water partition coefficient (Wildman–Crippen LogP) is 3.31. The summed E-state index contributed by atoms with van der Waals surface area (Å²) < 4.78 is 20.9. The van der Waals surface area contributed by atoms with Gasteiger partial charge in [-0.3, -0.25) is 0 Å². The molecule has 1 aromatic heterocycles. The number of benzene rings is 2. The Balaban J connectivity index is 1.81. The number of aromatic nitrogens is 2. The molecule has 5 heteroatoms. The van der Waals surface area contributed by atoms with E-state index in [1.54, 1.807) is 25.1 Å². The van der Waals surface area contributed by atoms with E-state index in [9.17, 15) is 9.50 Å². The van der Waals surface area contributed by atoms with Crippen molar-refractivity contribution in [1.29, 1.82) is 0 Å². The van der Waals surface area contributed by atoms with Gasteiger partial charge in [0.05, 0.1) is 17.6 Å². The molecule has 0 amide bonds. The van der Waals surface area contributed by atoms with Crippen LogP contribution in [0.5, 0.6) is 5.75 Å². The zero-order chi connectivity index (χ0) is 15.5. The first-order valence-corrected chi connectivity index (χ1v) is 7.17. The molecule has 0 aliphatic rings. The third kappa shape index (κ3) is 2.80. The maximum absolute atomic E-state index is 13.5. The summed E-state index contributed by atoms with van der Waals surface area (Å²) in [5.74, 6) is 0.428. The number of halogens is 1. The maximum atomic E-state index is 13.5. The summed E-state index contributed by atoms with van der Waals surface area (Å²) >= 11 is 0. The predicted molar refractivity (Wildman–Crippen MR) is 82.3 cm³/mol. The third-order valence-electron chi connectivity index (χ3n) is 3.47. The normalized spacial score (nSPS) is 12.5. The van der Waals surface area contributed by atoms with Crippen LogP contribution in [0.3, 0.4) is 0 Å². The van der Waals surface area contributed by atoms with Gasteiger partial charge >= 0.3 is 0 Å². The summed E-state index contributed by atoms with van der Waals surface area (Å²) in [6.45, 7) is 2.45. The lowest BCUT2D eigenvalue weighted by molar-refractivity contribution is 0.181. The van der Waals surface area contributed by atoms with E-state index in [2.05, 4.69) is 4.98 Å². The Bertz CT molecular complexity index is 783. The molecule has 0 aliphatic carbocycles. The number of para-hydroxylation sites is 3. The Hall–Kier alpha value is -2.40. The smallest absolute Gasteiger partial charge is 0.165 e. The van der Waals surface area contributed by atoms with Gasteiger partial charge in [0.1, 0.15) is 18.5 Å². The van der Waals surface area contributed by atoms with Crippen LogP contribution in [0.1, 0.15) is 18.9 Å². The number of imidazole rings is 1. The van der Waals surface area contributed by atoms with Crippen molar-refractivity contribution in [2.24, 2.45) is 0 Å². The Labute approximate surface area is 127 Å². The van der Waals surface area contributed by atoms with Crippen LogP contribution in [0.25, 0.3) is 11.0 Å². The second-order valence-electron chi connectivity index (χ2n) is 5.07. The number of hydrogen-bond acceptors (Lipinski definition) is 3. The second kappa shape index (κ2) is 6.15. The molecule has 1 N–H and O–H groups in total. The molecule has 3 aromatic rings. The molecule has 0 fully saturated rings. The number of aliphatic hydroxyl groups is 1. The molecule has 0 aliphatic heterocycles. The molecule has 22 heavy (non-hydrogen) atoms. The third-order valence-corrected chi connectivity index (χ3v) is 3.47. The summed E-state index contributed by atoms with van der Waals surface area (Å²) in [4.78, 5) is 4.44. The van der Waals surface area contributed by atoms with Crippen LogP contribution >= 0.6 is 0 Å². The van der Waals surface area contributed by atoms with Gasteiger partial charge in [0.25, 0.3) is 0 Å². The first kappa shape index (κ1) is 14.5. The Morgan fingerprint density at radius 3 is 2.68 bits per heavy atom. The SMILES string of the molecule is C[C@@H](O)c1nc2ccccc2n1CCOc1ccccc1F. The minimum absolute atomic E-state index is 0.227. The lowest BCUT2D eigenvalue weighted by Crippen LogP contribution is -2.13. The zero-order valence-corrected chi connectivity index (χ0v) is 12.2. The summed E-state index contributed by atoms with van der Waals surface area (Å²) in [5.41, 5.74) is 1.75. The Morgan fingerprint density at radius 1 is 1.18 bits per heavy atom. The molecule has 1 heterocycles.